The van der Waals surface area contributed by atoms with Crippen LogP contribution in [0.25, 0.3) is 0 Å². The zero-order chi connectivity index (χ0) is 16.7. The number of carbonyl (C=O) groups excluding carboxylic acids is 2. The Kier molecular flexibility index (Phi) is 6.11. The van der Waals surface area contributed by atoms with Crippen molar-refractivity contribution in [2.24, 2.45) is 0 Å². The molecule has 0 saturated carbocycles. The first-order chi connectivity index (χ1) is 11.0. The molecule has 2 rings (SSSR count). The van der Waals surface area contributed by atoms with Crippen LogP contribution in [0.1, 0.15) is 30.5 Å². The molecule has 2 aromatic rings. The van der Waals surface area contributed by atoms with Crippen LogP contribution in [0.3, 0.4) is 0 Å². The minimum atomic E-state index is -0.387. The summed E-state index contributed by atoms with van der Waals surface area (Å²) in [4.78, 5) is 27.5. The summed E-state index contributed by atoms with van der Waals surface area (Å²) in [6.07, 6.45) is 3.51. The molecular weight excluding hydrogens is 314 g/mol. The minimum absolute atomic E-state index is 0.143. The van der Waals surface area contributed by atoms with Gasteiger partial charge in [0.15, 0.2) is 0 Å². The van der Waals surface area contributed by atoms with E-state index in [-0.39, 0.29) is 24.3 Å². The lowest BCUT2D eigenvalue weighted by atomic mass is 10.0. The number of amides is 2. The van der Waals surface area contributed by atoms with Crippen LogP contribution >= 0.6 is 11.6 Å². The Morgan fingerprint density at radius 3 is 2.39 bits per heavy atom. The SMILES string of the molecule is CC(=O)N[C@H](CC(=O)NCc1ccncc1)c1ccc(Cl)cc1. The monoisotopic (exact) mass is 331 g/mol. The van der Waals surface area contributed by atoms with Gasteiger partial charge in [0.2, 0.25) is 11.8 Å². The number of pyridine rings is 1. The van der Waals surface area contributed by atoms with Gasteiger partial charge in [-0.25, -0.2) is 0 Å². The van der Waals surface area contributed by atoms with Gasteiger partial charge < -0.3 is 10.6 Å². The van der Waals surface area contributed by atoms with Crippen LogP contribution in [0.5, 0.6) is 0 Å². The van der Waals surface area contributed by atoms with Crippen molar-refractivity contribution in [1.82, 2.24) is 15.6 Å². The van der Waals surface area contributed by atoms with Crippen molar-refractivity contribution in [3.05, 3.63) is 64.9 Å². The Morgan fingerprint density at radius 1 is 1.13 bits per heavy atom. The second kappa shape index (κ2) is 8.29. The average molecular weight is 332 g/mol. The molecule has 0 aliphatic carbocycles. The van der Waals surface area contributed by atoms with Crippen molar-refractivity contribution in [3.8, 4) is 0 Å². The van der Waals surface area contributed by atoms with E-state index in [9.17, 15) is 9.59 Å². The fourth-order valence-electron chi connectivity index (χ4n) is 2.15. The van der Waals surface area contributed by atoms with E-state index in [4.69, 9.17) is 11.6 Å². The molecule has 0 bridgehead atoms. The maximum atomic E-state index is 12.1. The smallest absolute Gasteiger partial charge is 0.222 e. The van der Waals surface area contributed by atoms with Gasteiger partial charge in [-0.05, 0) is 35.4 Å². The highest BCUT2D eigenvalue weighted by Gasteiger charge is 2.17. The molecule has 2 amide bonds. The molecule has 0 saturated heterocycles. The van der Waals surface area contributed by atoms with E-state index in [1.807, 2.05) is 12.1 Å². The first-order valence-electron chi connectivity index (χ1n) is 7.23. The number of rotatable bonds is 6. The Hall–Kier alpha value is -2.40. The molecule has 1 heterocycles. The number of benzene rings is 1. The van der Waals surface area contributed by atoms with E-state index < -0.39 is 0 Å². The average Bonchev–Trinajstić information content (AvgIpc) is 2.53. The molecule has 0 aliphatic heterocycles. The van der Waals surface area contributed by atoms with Crippen LogP contribution in [-0.4, -0.2) is 16.8 Å². The summed E-state index contributed by atoms with van der Waals surface area (Å²) in [6.45, 7) is 1.85. The fraction of sp³-hybridized carbons (Fsp3) is 0.235. The van der Waals surface area contributed by atoms with Crippen molar-refractivity contribution in [2.45, 2.75) is 25.9 Å². The van der Waals surface area contributed by atoms with Crippen molar-refractivity contribution in [3.63, 3.8) is 0 Å². The van der Waals surface area contributed by atoms with Crippen LogP contribution in [0.4, 0.5) is 0 Å². The largest absolute Gasteiger partial charge is 0.352 e. The first-order valence-corrected chi connectivity index (χ1v) is 7.60. The van der Waals surface area contributed by atoms with E-state index in [1.165, 1.54) is 6.92 Å². The summed E-state index contributed by atoms with van der Waals surface area (Å²) in [7, 11) is 0. The molecule has 1 atom stereocenters. The third kappa shape index (κ3) is 5.71. The quantitative estimate of drug-likeness (QED) is 0.854. The number of halogens is 1. The van der Waals surface area contributed by atoms with Gasteiger partial charge in [-0.1, -0.05) is 23.7 Å². The molecule has 23 heavy (non-hydrogen) atoms. The number of hydrogen-bond acceptors (Lipinski definition) is 3. The number of aromatic nitrogens is 1. The summed E-state index contributed by atoms with van der Waals surface area (Å²) < 4.78 is 0. The summed E-state index contributed by atoms with van der Waals surface area (Å²) in [6, 6.07) is 10.4. The Morgan fingerprint density at radius 2 is 1.78 bits per heavy atom. The minimum Gasteiger partial charge on any atom is -0.352 e. The predicted molar refractivity (Wildman–Crippen MR) is 88.7 cm³/mol. The zero-order valence-electron chi connectivity index (χ0n) is 12.8. The third-order valence-electron chi connectivity index (χ3n) is 3.28. The molecule has 0 radical (unpaired) electrons. The summed E-state index contributed by atoms with van der Waals surface area (Å²) in [5.41, 5.74) is 1.81. The maximum Gasteiger partial charge on any atom is 0.222 e. The molecule has 0 unspecified atom stereocenters. The molecule has 1 aromatic heterocycles. The molecule has 0 fully saturated rings. The van der Waals surface area contributed by atoms with Crippen molar-refractivity contribution in [2.75, 3.05) is 0 Å². The maximum absolute atomic E-state index is 12.1. The number of nitrogens with one attached hydrogen (secondary N) is 2. The lowest BCUT2D eigenvalue weighted by Crippen LogP contribution is -2.32. The van der Waals surface area contributed by atoms with Crippen molar-refractivity contribution >= 4 is 23.4 Å². The molecule has 1 aromatic carbocycles. The van der Waals surface area contributed by atoms with Crippen molar-refractivity contribution in [1.29, 1.82) is 0 Å². The predicted octanol–water partition coefficient (Wildman–Crippen LogP) is 2.62. The van der Waals surface area contributed by atoms with Gasteiger partial charge in [0, 0.05) is 30.9 Å². The third-order valence-corrected chi connectivity index (χ3v) is 3.53. The van der Waals surface area contributed by atoms with Gasteiger partial charge in [0.25, 0.3) is 0 Å². The topological polar surface area (TPSA) is 71.1 Å². The molecule has 2 N–H and O–H groups in total. The highest BCUT2D eigenvalue weighted by atomic mass is 35.5. The van der Waals surface area contributed by atoms with Crippen LogP contribution in [-0.2, 0) is 16.1 Å². The van der Waals surface area contributed by atoms with Gasteiger partial charge >= 0.3 is 0 Å². The lowest BCUT2D eigenvalue weighted by Gasteiger charge is -2.18. The molecule has 0 spiro atoms. The fourth-order valence-corrected chi connectivity index (χ4v) is 2.28. The Bertz CT molecular complexity index is 659. The molecule has 0 aliphatic rings. The van der Waals surface area contributed by atoms with Gasteiger partial charge in [0.05, 0.1) is 12.5 Å². The number of carbonyl (C=O) groups is 2. The summed E-state index contributed by atoms with van der Waals surface area (Å²) >= 11 is 5.87. The van der Waals surface area contributed by atoms with E-state index in [0.29, 0.717) is 11.6 Å². The van der Waals surface area contributed by atoms with Crippen LogP contribution in [0.15, 0.2) is 48.8 Å². The van der Waals surface area contributed by atoms with E-state index in [2.05, 4.69) is 15.6 Å². The zero-order valence-corrected chi connectivity index (χ0v) is 13.5. The molecule has 5 nitrogen and oxygen atoms in total. The van der Waals surface area contributed by atoms with Crippen molar-refractivity contribution < 1.29 is 9.59 Å². The normalized spacial score (nSPS) is 11.6. The first kappa shape index (κ1) is 17.0. The van der Waals surface area contributed by atoms with Gasteiger partial charge in [-0.2, -0.15) is 0 Å². The highest BCUT2D eigenvalue weighted by molar-refractivity contribution is 6.30. The highest BCUT2D eigenvalue weighted by Crippen LogP contribution is 2.19. The second-order valence-electron chi connectivity index (χ2n) is 5.14. The van der Waals surface area contributed by atoms with E-state index >= 15 is 0 Å². The van der Waals surface area contributed by atoms with Gasteiger partial charge in [-0.3, -0.25) is 14.6 Å². The van der Waals surface area contributed by atoms with E-state index in [0.717, 1.165) is 11.1 Å². The van der Waals surface area contributed by atoms with Gasteiger partial charge in [0.1, 0.15) is 0 Å². The molecular formula is C17H18ClN3O2. The molecule has 120 valence electrons. The van der Waals surface area contributed by atoms with Crippen LogP contribution in [0, 0.1) is 0 Å². The lowest BCUT2D eigenvalue weighted by molar-refractivity contribution is -0.122. The summed E-state index contributed by atoms with van der Waals surface area (Å²) in [5, 5.41) is 6.24. The van der Waals surface area contributed by atoms with Crippen LogP contribution < -0.4 is 10.6 Å². The standard InChI is InChI=1S/C17H18ClN3O2/c1-12(22)21-16(14-2-4-15(18)5-3-14)10-17(23)20-11-13-6-8-19-9-7-13/h2-9,16H,10-11H2,1H3,(H,20,23)(H,21,22)/t16-/m1/s1. The van der Waals surface area contributed by atoms with E-state index in [1.54, 1.807) is 36.7 Å². The number of hydrogen-bond donors (Lipinski definition) is 2. The second-order valence-corrected chi connectivity index (χ2v) is 5.58. The summed E-state index contributed by atoms with van der Waals surface area (Å²) in [5.74, 6) is -0.331. The number of nitrogens with zero attached hydrogens (tertiary/aromatic N) is 1. The Labute approximate surface area is 140 Å². The van der Waals surface area contributed by atoms with Gasteiger partial charge in [-0.15, -0.1) is 0 Å². The Balaban J connectivity index is 1.98. The van der Waals surface area contributed by atoms with Crippen LogP contribution in [0.2, 0.25) is 5.02 Å². The molecule has 6 heteroatoms.